The zero-order valence-corrected chi connectivity index (χ0v) is 16.6. The summed E-state index contributed by atoms with van der Waals surface area (Å²) in [6.07, 6.45) is 1.96. The van der Waals surface area contributed by atoms with E-state index in [1.807, 2.05) is 54.7 Å². The lowest BCUT2D eigenvalue weighted by Crippen LogP contribution is -2.27. The van der Waals surface area contributed by atoms with Crippen LogP contribution in [-0.2, 0) is 11.3 Å². The lowest BCUT2D eigenvalue weighted by atomic mass is 10.1. The average Bonchev–Trinajstić information content (AvgIpc) is 3.35. The van der Waals surface area contributed by atoms with Gasteiger partial charge in [0.1, 0.15) is 0 Å². The Hall–Kier alpha value is -3.06. The van der Waals surface area contributed by atoms with Gasteiger partial charge in [0.05, 0.1) is 5.75 Å². The number of amides is 1. The van der Waals surface area contributed by atoms with Crippen molar-refractivity contribution in [1.29, 1.82) is 0 Å². The minimum Gasteiger partial charge on any atom is -0.360 e. The molecular weight excluding hydrogens is 370 g/mol. The minimum absolute atomic E-state index is 0.0236. The number of hydrogen-bond acceptors (Lipinski definition) is 4. The second-order valence-electron chi connectivity index (χ2n) is 6.38. The van der Waals surface area contributed by atoms with Gasteiger partial charge in [0.25, 0.3) is 0 Å². The van der Waals surface area contributed by atoms with Crippen LogP contribution in [0.2, 0.25) is 0 Å². The molecule has 0 aliphatic rings. The number of H-pyrrole nitrogens is 1. The molecule has 4 rings (SSSR count). The van der Waals surface area contributed by atoms with Gasteiger partial charge in [-0.15, -0.1) is 10.2 Å². The van der Waals surface area contributed by atoms with Gasteiger partial charge in [0, 0.05) is 41.9 Å². The molecular formula is C21H21N5OS. The first kappa shape index (κ1) is 18.3. The number of rotatable bonds is 6. The summed E-state index contributed by atoms with van der Waals surface area (Å²) in [6, 6.07) is 17.8. The third-order valence-electron chi connectivity index (χ3n) is 4.71. The molecule has 0 atom stereocenters. The molecule has 2 aromatic carbocycles. The van der Waals surface area contributed by atoms with Crippen molar-refractivity contribution in [3.8, 4) is 11.4 Å². The molecule has 2 heterocycles. The molecule has 6 nitrogen and oxygen atoms in total. The molecule has 0 radical (unpaired) electrons. The molecule has 4 aromatic rings. The summed E-state index contributed by atoms with van der Waals surface area (Å²) in [4.78, 5) is 17.5. The first-order valence-electron chi connectivity index (χ1n) is 9.13. The fraction of sp³-hybridized carbons (Fsp3) is 0.190. The van der Waals surface area contributed by atoms with Crippen molar-refractivity contribution in [3.63, 3.8) is 0 Å². The molecule has 28 heavy (non-hydrogen) atoms. The number of hydrogen-bond donors (Lipinski definition) is 1. The lowest BCUT2D eigenvalue weighted by molar-refractivity contribution is -0.115. The fourth-order valence-electron chi connectivity index (χ4n) is 3.15. The number of benzene rings is 2. The van der Waals surface area contributed by atoms with Crippen molar-refractivity contribution >= 4 is 34.3 Å². The molecule has 7 heteroatoms. The van der Waals surface area contributed by atoms with Crippen molar-refractivity contribution < 1.29 is 4.79 Å². The number of aromatic amines is 1. The Kier molecular flexibility index (Phi) is 5.16. The summed E-state index contributed by atoms with van der Waals surface area (Å²) in [6.45, 7) is 2.79. The number of fused-ring (bicyclic) bond motifs is 1. The molecule has 0 aliphatic carbocycles. The van der Waals surface area contributed by atoms with Crippen molar-refractivity contribution in [2.75, 3.05) is 17.7 Å². The van der Waals surface area contributed by atoms with Crippen molar-refractivity contribution in [2.24, 2.45) is 0 Å². The highest BCUT2D eigenvalue weighted by atomic mass is 32.2. The summed E-state index contributed by atoms with van der Waals surface area (Å²) in [5, 5.41) is 10.6. The first-order chi connectivity index (χ1) is 13.7. The summed E-state index contributed by atoms with van der Waals surface area (Å²) in [7, 11) is 1.79. The van der Waals surface area contributed by atoms with Gasteiger partial charge in [-0.1, -0.05) is 48.2 Å². The molecule has 0 bridgehead atoms. The lowest BCUT2D eigenvalue weighted by Gasteiger charge is -2.16. The molecule has 0 saturated carbocycles. The maximum absolute atomic E-state index is 12.6. The molecule has 1 amide bonds. The van der Waals surface area contributed by atoms with Crippen LogP contribution in [0.25, 0.3) is 22.3 Å². The van der Waals surface area contributed by atoms with Crippen LogP contribution in [0, 0.1) is 0 Å². The van der Waals surface area contributed by atoms with Gasteiger partial charge in [-0.3, -0.25) is 4.79 Å². The molecule has 142 valence electrons. The van der Waals surface area contributed by atoms with E-state index in [9.17, 15) is 4.79 Å². The first-order valence-corrected chi connectivity index (χ1v) is 10.1. The zero-order chi connectivity index (χ0) is 19.5. The molecule has 0 fully saturated rings. The molecule has 2 aromatic heterocycles. The van der Waals surface area contributed by atoms with E-state index in [-0.39, 0.29) is 5.91 Å². The van der Waals surface area contributed by atoms with E-state index in [2.05, 4.69) is 32.7 Å². The third-order valence-corrected chi connectivity index (χ3v) is 5.66. The Labute approximate surface area is 167 Å². The summed E-state index contributed by atoms with van der Waals surface area (Å²) >= 11 is 1.41. The molecule has 0 spiro atoms. The Morgan fingerprint density at radius 1 is 1.11 bits per heavy atom. The average molecular weight is 392 g/mol. The van der Waals surface area contributed by atoms with Gasteiger partial charge >= 0.3 is 0 Å². The SMILES string of the molecule is CCn1c(SCC(=O)N(C)c2ccccc2)nnc1-c1c[nH]c2ccccc12. The summed E-state index contributed by atoms with van der Waals surface area (Å²) in [5.74, 6) is 1.14. The second kappa shape index (κ2) is 7.90. The smallest absolute Gasteiger partial charge is 0.237 e. The quantitative estimate of drug-likeness (QED) is 0.500. The van der Waals surface area contributed by atoms with Gasteiger partial charge in [0.15, 0.2) is 11.0 Å². The van der Waals surface area contributed by atoms with Crippen molar-refractivity contribution in [2.45, 2.75) is 18.6 Å². The predicted molar refractivity (Wildman–Crippen MR) is 114 cm³/mol. The standard InChI is InChI=1S/C21H21N5OS/c1-3-26-20(17-13-22-18-12-8-7-11-16(17)18)23-24-21(26)28-14-19(27)25(2)15-9-5-4-6-10-15/h4-13,22H,3,14H2,1-2H3. The number of carbonyl (C=O) groups is 1. The van der Waals surface area contributed by atoms with E-state index in [0.717, 1.165) is 39.7 Å². The Morgan fingerprint density at radius 3 is 2.64 bits per heavy atom. The van der Waals surface area contributed by atoms with E-state index in [1.54, 1.807) is 11.9 Å². The van der Waals surface area contributed by atoms with Crippen molar-refractivity contribution in [1.82, 2.24) is 19.7 Å². The molecule has 0 aliphatic heterocycles. The Balaban J connectivity index is 1.54. The van der Waals surface area contributed by atoms with Crippen LogP contribution in [0.5, 0.6) is 0 Å². The maximum atomic E-state index is 12.6. The highest BCUT2D eigenvalue weighted by molar-refractivity contribution is 7.99. The van der Waals surface area contributed by atoms with Gasteiger partial charge < -0.3 is 14.5 Å². The zero-order valence-electron chi connectivity index (χ0n) is 15.8. The topological polar surface area (TPSA) is 66.8 Å². The van der Waals surface area contributed by atoms with Crippen LogP contribution >= 0.6 is 11.8 Å². The van der Waals surface area contributed by atoms with E-state index < -0.39 is 0 Å². The van der Waals surface area contributed by atoms with Crippen LogP contribution in [0.1, 0.15) is 6.92 Å². The molecule has 0 unspecified atom stereocenters. The Bertz CT molecular complexity index is 1100. The summed E-state index contributed by atoms with van der Waals surface area (Å²) in [5.41, 5.74) is 2.96. The second-order valence-corrected chi connectivity index (χ2v) is 7.32. The van der Waals surface area contributed by atoms with Gasteiger partial charge in [-0.25, -0.2) is 0 Å². The van der Waals surface area contributed by atoms with Gasteiger partial charge in [-0.2, -0.15) is 0 Å². The van der Waals surface area contributed by atoms with Crippen LogP contribution in [-0.4, -0.2) is 38.5 Å². The van der Waals surface area contributed by atoms with Gasteiger partial charge in [-0.05, 0) is 25.1 Å². The highest BCUT2D eigenvalue weighted by Gasteiger charge is 2.18. The van der Waals surface area contributed by atoms with E-state index in [4.69, 9.17) is 0 Å². The molecule has 0 saturated heterocycles. The van der Waals surface area contributed by atoms with E-state index >= 15 is 0 Å². The number of carbonyl (C=O) groups excluding carboxylic acids is 1. The third kappa shape index (κ3) is 3.41. The molecule has 1 N–H and O–H groups in total. The predicted octanol–water partition coefficient (Wildman–Crippen LogP) is 4.20. The van der Waals surface area contributed by atoms with Gasteiger partial charge in [0.2, 0.25) is 5.91 Å². The Morgan fingerprint density at radius 2 is 1.86 bits per heavy atom. The van der Waals surface area contributed by atoms with Crippen LogP contribution < -0.4 is 4.90 Å². The monoisotopic (exact) mass is 391 g/mol. The van der Waals surface area contributed by atoms with E-state index in [0.29, 0.717) is 5.75 Å². The van der Waals surface area contributed by atoms with Crippen LogP contribution in [0.15, 0.2) is 66.0 Å². The number of nitrogens with one attached hydrogen (secondary N) is 1. The van der Waals surface area contributed by atoms with Crippen LogP contribution in [0.3, 0.4) is 0 Å². The largest absolute Gasteiger partial charge is 0.360 e. The summed E-state index contributed by atoms with van der Waals surface area (Å²) < 4.78 is 2.05. The fourth-order valence-corrected chi connectivity index (χ4v) is 4.07. The number of para-hydroxylation sites is 2. The normalized spacial score (nSPS) is 11.1. The highest BCUT2D eigenvalue weighted by Crippen LogP contribution is 2.30. The number of anilines is 1. The minimum atomic E-state index is 0.0236. The van der Waals surface area contributed by atoms with E-state index in [1.165, 1.54) is 11.8 Å². The number of thioether (sulfide) groups is 1. The van der Waals surface area contributed by atoms with Crippen LogP contribution in [0.4, 0.5) is 5.69 Å². The number of aromatic nitrogens is 4. The number of nitrogens with zero attached hydrogens (tertiary/aromatic N) is 4. The van der Waals surface area contributed by atoms with Crippen molar-refractivity contribution in [3.05, 3.63) is 60.8 Å². The maximum Gasteiger partial charge on any atom is 0.237 e.